The molecule has 0 radical (unpaired) electrons. The lowest BCUT2D eigenvalue weighted by molar-refractivity contribution is -0.146. The van der Waals surface area contributed by atoms with Gasteiger partial charge >= 0.3 is 5.97 Å². The van der Waals surface area contributed by atoms with E-state index in [0.29, 0.717) is 29.2 Å². The summed E-state index contributed by atoms with van der Waals surface area (Å²) in [6, 6.07) is 13.6. The molecule has 1 aliphatic rings. The van der Waals surface area contributed by atoms with Gasteiger partial charge in [-0.05, 0) is 31.2 Å². The van der Waals surface area contributed by atoms with Crippen molar-refractivity contribution in [3.8, 4) is 11.5 Å². The number of hydrogen-bond donors (Lipinski definition) is 0. The first-order valence-electron chi connectivity index (χ1n) is 8.57. The first kappa shape index (κ1) is 18.4. The predicted molar refractivity (Wildman–Crippen MR) is 95.9 cm³/mol. The van der Waals surface area contributed by atoms with E-state index >= 15 is 0 Å². The van der Waals surface area contributed by atoms with Crippen LogP contribution in [0.15, 0.2) is 48.5 Å². The topological polar surface area (TPSA) is 82.1 Å². The number of esters is 1. The second-order valence-corrected chi connectivity index (χ2v) is 5.70. The molecular weight excluding hydrogens is 350 g/mol. The quantitative estimate of drug-likeness (QED) is 0.525. The van der Waals surface area contributed by atoms with Crippen LogP contribution in [0.2, 0.25) is 0 Å². The molecule has 2 aromatic rings. The van der Waals surface area contributed by atoms with Crippen LogP contribution < -0.4 is 9.47 Å². The normalized spacial score (nSPS) is 12.7. The van der Waals surface area contributed by atoms with E-state index in [1.807, 2.05) is 6.92 Å². The SMILES string of the molecule is CCOc1ccccc1OCC(=O)OCCN1C(=O)c2ccccc2C1=O. The van der Waals surface area contributed by atoms with Gasteiger partial charge in [0.15, 0.2) is 18.1 Å². The highest BCUT2D eigenvalue weighted by Gasteiger charge is 2.34. The summed E-state index contributed by atoms with van der Waals surface area (Å²) in [5.41, 5.74) is 0.731. The highest BCUT2D eigenvalue weighted by Crippen LogP contribution is 2.26. The second-order valence-electron chi connectivity index (χ2n) is 5.70. The Balaban J connectivity index is 1.47. The Labute approximate surface area is 156 Å². The number of benzene rings is 2. The number of rotatable bonds is 8. The van der Waals surface area contributed by atoms with Crippen LogP contribution in [0.3, 0.4) is 0 Å². The summed E-state index contributed by atoms with van der Waals surface area (Å²) in [5, 5.41) is 0. The molecule has 7 heteroatoms. The van der Waals surface area contributed by atoms with E-state index in [1.54, 1.807) is 48.5 Å². The number of carbonyl (C=O) groups is 3. The number of ether oxygens (including phenoxy) is 3. The van der Waals surface area contributed by atoms with E-state index in [-0.39, 0.29) is 31.6 Å². The molecule has 0 aliphatic carbocycles. The van der Waals surface area contributed by atoms with E-state index in [4.69, 9.17) is 14.2 Å². The average Bonchev–Trinajstić information content (AvgIpc) is 2.93. The summed E-state index contributed by atoms with van der Waals surface area (Å²) in [6.07, 6.45) is 0. The molecule has 0 atom stereocenters. The van der Waals surface area contributed by atoms with Gasteiger partial charge < -0.3 is 14.2 Å². The van der Waals surface area contributed by atoms with Crippen molar-refractivity contribution in [2.24, 2.45) is 0 Å². The first-order valence-corrected chi connectivity index (χ1v) is 8.57. The molecule has 0 unspecified atom stereocenters. The first-order chi connectivity index (χ1) is 13.1. The van der Waals surface area contributed by atoms with E-state index < -0.39 is 5.97 Å². The minimum atomic E-state index is -0.599. The van der Waals surface area contributed by atoms with Crippen molar-refractivity contribution < 1.29 is 28.6 Å². The Morgan fingerprint density at radius 3 is 2.04 bits per heavy atom. The zero-order valence-corrected chi connectivity index (χ0v) is 14.8. The van der Waals surface area contributed by atoms with E-state index in [1.165, 1.54) is 0 Å². The molecule has 0 saturated carbocycles. The standard InChI is InChI=1S/C20H19NO6/c1-2-25-16-9-5-6-10-17(16)27-13-18(22)26-12-11-21-19(23)14-7-3-4-8-15(14)20(21)24/h3-10H,2,11-13H2,1H3. The highest BCUT2D eigenvalue weighted by atomic mass is 16.6. The van der Waals surface area contributed by atoms with Gasteiger partial charge in [-0.25, -0.2) is 4.79 Å². The number of carbonyl (C=O) groups excluding carboxylic acids is 3. The molecule has 3 rings (SSSR count). The van der Waals surface area contributed by atoms with E-state index in [2.05, 4.69) is 0 Å². The van der Waals surface area contributed by atoms with Gasteiger partial charge in [0.1, 0.15) is 6.61 Å². The largest absolute Gasteiger partial charge is 0.490 e. The fraction of sp³-hybridized carbons (Fsp3) is 0.250. The lowest BCUT2D eigenvalue weighted by Crippen LogP contribution is -2.34. The van der Waals surface area contributed by atoms with Crippen LogP contribution in [0.4, 0.5) is 0 Å². The van der Waals surface area contributed by atoms with Gasteiger partial charge in [0, 0.05) is 0 Å². The van der Waals surface area contributed by atoms with Gasteiger partial charge in [0.25, 0.3) is 11.8 Å². The van der Waals surface area contributed by atoms with Gasteiger partial charge in [-0.1, -0.05) is 24.3 Å². The number of para-hydroxylation sites is 2. The molecule has 0 spiro atoms. The lowest BCUT2D eigenvalue weighted by atomic mass is 10.1. The number of fused-ring (bicyclic) bond motifs is 1. The molecule has 2 amide bonds. The summed E-state index contributed by atoms with van der Waals surface area (Å²) >= 11 is 0. The summed E-state index contributed by atoms with van der Waals surface area (Å²) in [5.74, 6) is -0.379. The monoisotopic (exact) mass is 369 g/mol. The van der Waals surface area contributed by atoms with Gasteiger partial charge in [0.2, 0.25) is 0 Å². The summed E-state index contributed by atoms with van der Waals surface area (Å²) in [6.45, 7) is 1.93. The zero-order valence-electron chi connectivity index (χ0n) is 14.8. The van der Waals surface area contributed by atoms with Gasteiger partial charge in [-0.2, -0.15) is 0 Å². The molecule has 7 nitrogen and oxygen atoms in total. The van der Waals surface area contributed by atoms with Crippen molar-refractivity contribution in [3.63, 3.8) is 0 Å². The fourth-order valence-electron chi connectivity index (χ4n) is 2.72. The Hall–Kier alpha value is -3.35. The van der Waals surface area contributed by atoms with Crippen molar-refractivity contribution >= 4 is 17.8 Å². The van der Waals surface area contributed by atoms with Gasteiger partial charge in [0.05, 0.1) is 24.3 Å². The minimum absolute atomic E-state index is 0.00633. The number of nitrogens with zero attached hydrogens (tertiary/aromatic N) is 1. The predicted octanol–water partition coefficient (Wildman–Crippen LogP) is 2.30. The summed E-state index contributed by atoms with van der Waals surface area (Å²) < 4.78 is 15.9. The van der Waals surface area contributed by atoms with E-state index in [9.17, 15) is 14.4 Å². The molecule has 0 bridgehead atoms. The Bertz CT molecular complexity index is 828. The van der Waals surface area contributed by atoms with Crippen LogP contribution in [0.25, 0.3) is 0 Å². The molecule has 27 heavy (non-hydrogen) atoms. The van der Waals surface area contributed by atoms with Crippen LogP contribution >= 0.6 is 0 Å². The zero-order chi connectivity index (χ0) is 19.2. The molecule has 1 heterocycles. The van der Waals surface area contributed by atoms with Crippen LogP contribution in [0.1, 0.15) is 27.6 Å². The van der Waals surface area contributed by atoms with Crippen molar-refractivity contribution in [3.05, 3.63) is 59.7 Å². The fourth-order valence-corrected chi connectivity index (χ4v) is 2.72. The molecule has 140 valence electrons. The molecule has 2 aromatic carbocycles. The molecular formula is C20H19NO6. The van der Waals surface area contributed by atoms with Crippen LogP contribution in [-0.2, 0) is 9.53 Å². The third kappa shape index (κ3) is 4.08. The van der Waals surface area contributed by atoms with Crippen LogP contribution in [0, 0.1) is 0 Å². The molecule has 0 fully saturated rings. The van der Waals surface area contributed by atoms with Crippen molar-refractivity contribution in [2.75, 3.05) is 26.4 Å². The maximum atomic E-state index is 12.2. The third-order valence-corrected chi connectivity index (χ3v) is 3.95. The molecule has 0 aromatic heterocycles. The summed E-state index contributed by atoms with van der Waals surface area (Å²) in [7, 11) is 0. The van der Waals surface area contributed by atoms with Gasteiger partial charge in [-0.3, -0.25) is 14.5 Å². The van der Waals surface area contributed by atoms with Crippen LogP contribution in [-0.4, -0.2) is 49.0 Å². The Morgan fingerprint density at radius 1 is 0.889 bits per heavy atom. The number of amides is 2. The minimum Gasteiger partial charge on any atom is -0.490 e. The Morgan fingerprint density at radius 2 is 1.44 bits per heavy atom. The average molecular weight is 369 g/mol. The number of imide groups is 1. The maximum absolute atomic E-state index is 12.2. The summed E-state index contributed by atoms with van der Waals surface area (Å²) in [4.78, 5) is 37.4. The van der Waals surface area contributed by atoms with Crippen molar-refractivity contribution in [1.82, 2.24) is 4.90 Å². The molecule has 0 N–H and O–H groups in total. The molecule has 1 aliphatic heterocycles. The van der Waals surface area contributed by atoms with Gasteiger partial charge in [-0.15, -0.1) is 0 Å². The lowest BCUT2D eigenvalue weighted by Gasteiger charge is -2.14. The van der Waals surface area contributed by atoms with Crippen LogP contribution in [0.5, 0.6) is 11.5 Å². The maximum Gasteiger partial charge on any atom is 0.344 e. The molecule has 0 saturated heterocycles. The Kier molecular flexibility index (Phi) is 5.71. The second kappa shape index (κ2) is 8.35. The van der Waals surface area contributed by atoms with Crippen molar-refractivity contribution in [1.29, 1.82) is 0 Å². The number of hydrogen-bond acceptors (Lipinski definition) is 6. The smallest absolute Gasteiger partial charge is 0.344 e. The third-order valence-electron chi connectivity index (χ3n) is 3.95. The van der Waals surface area contributed by atoms with Crippen molar-refractivity contribution in [2.45, 2.75) is 6.92 Å². The van der Waals surface area contributed by atoms with E-state index in [0.717, 1.165) is 4.90 Å². The highest BCUT2D eigenvalue weighted by molar-refractivity contribution is 6.21.